The van der Waals surface area contributed by atoms with E-state index in [1.54, 1.807) is 13.0 Å². The molecule has 10 heteroatoms. The summed E-state index contributed by atoms with van der Waals surface area (Å²) in [6.45, 7) is 6.49. The summed E-state index contributed by atoms with van der Waals surface area (Å²) in [6, 6.07) is 7.73. The van der Waals surface area contributed by atoms with Gasteiger partial charge in [0.25, 0.3) is 0 Å². The number of hydrogen-bond donors (Lipinski definition) is 4. The molecule has 5 N–H and O–H groups in total. The van der Waals surface area contributed by atoms with Crippen molar-refractivity contribution >= 4 is 41.7 Å². The first kappa shape index (κ1) is 24.9. The van der Waals surface area contributed by atoms with Crippen LogP contribution in [0.25, 0.3) is 0 Å². The first-order valence-electron chi connectivity index (χ1n) is 10.7. The molecule has 0 saturated carbocycles. The molecule has 0 aliphatic carbocycles. The van der Waals surface area contributed by atoms with Gasteiger partial charge in [0.05, 0.1) is 18.8 Å². The molecule has 3 heterocycles. The zero-order valence-electron chi connectivity index (χ0n) is 18.2. The molecule has 0 aromatic heterocycles. The van der Waals surface area contributed by atoms with Gasteiger partial charge in [0, 0.05) is 30.6 Å². The predicted octanol–water partition coefficient (Wildman–Crippen LogP) is 1.69. The molecule has 3 aliphatic rings. The number of nitrogens with two attached hydrogens (primary N) is 1. The lowest BCUT2D eigenvalue weighted by Gasteiger charge is -2.56. The fourth-order valence-corrected chi connectivity index (χ4v) is 6.88. The fourth-order valence-electron chi connectivity index (χ4n) is 4.97. The summed E-state index contributed by atoms with van der Waals surface area (Å²) in [4.78, 5) is 28.3. The number of carboxylic acid groups (broad SMARTS) is 1. The summed E-state index contributed by atoms with van der Waals surface area (Å²) in [6.07, 6.45) is 1.69. The number of rotatable bonds is 8. The Balaban J connectivity index is 0.00000289. The molecule has 176 valence electrons. The minimum absolute atomic E-state index is 0. The number of nitrogens with zero attached hydrogens (tertiary/aromatic N) is 2. The molecule has 1 aromatic rings. The van der Waals surface area contributed by atoms with Gasteiger partial charge in [0.1, 0.15) is 10.4 Å². The van der Waals surface area contributed by atoms with E-state index in [4.69, 9.17) is 5.73 Å². The molecule has 0 bridgehead atoms. The van der Waals surface area contributed by atoms with E-state index in [0.717, 1.165) is 30.8 Å². The van der Waals surface area contributed by atoms with Gasteiger partial charge >= 0.3 is 5.97 Å². The van der Waals surface area contributed by atoms with Gasteiger partial charge in [-0.3, -0.25) is 14.6 Å². The molecule has 1 amide bonds. The smallest absolute Gasteiger partial charge is 0.352 e. The van der Waals surface area contributed by atoms with Crippen molar-refractivity contribution in [2.75, 3.05) is 25.1 Å². The number of carbonyl (C=O) groups is 2. The Morgan fingerprint density at radius 2 is 2.06 bits per heavy atom. The van der Waals surface area contributed by atoms with E-state index in [0.29, 0.717) is 13.2 Å². The first-order chi connectivity index (χ1) is 14.8. The van der Waals surface area contributed by atoms with E-state index in [2.05, 4.69) is 10.2 Å². The van der Waals surface area contributed by atoms with Gasteiger partial charge in [-0.1, -0.05) is 19.1 Å². The Labute approximate surface area is 198 Å². The summed E-state index contributed by atoms with van der Waals surface area (Å²) in [5, 5.41) is 23.7. The van der Waals surface area contributed by atoms with Crippen molar-refractivity contribution in [1.82, 2.24) is 9.80 Å². The highest BCUT2D eigenvalue weighted by Gasteiger charge is 2.69. The number of halogens is 1. The van der Waals surface area contributed by atoms with Crippen LogP contribution in [0.1, 0.15) is 25.8 Å². The average Bonchev–Trinajstić information content (AvgIpc) is 3.32. The zero-order valence-corrected chi connectivity index (χ0v) is 19.9. The lowest BCUT2D eigenvalue weighted by molar-refractivity contribution is -0.158. The number of aliphatic hydroxyl groups excluding tert-OH is 1. The number of anilines is 1. The van der Waals surface area contributed by atoms with Crippen molar-refractivity contribution in [3.63, 3.8) is 0 Å². The third-order valence-corrected chi connectivity index (χ3v) is 8.44. The van der Waals surface area contributed by atoms with Crippen LogP contribution in [0.3, 0.4) is 0 Å². The summed E-state index contributed by atoms with van der Waals surface area (Å²) < 4.78 is -0.987. The number of likely N-dealkylation sites (tertiary alicyclic amines) is 1. The van der Waals surface area contributed by atoms with Crippen LogP contribution in [0.2, 0.25) is 0 Å². The van der Waals surface area contributed by atoms with Crippen LogP contribution in [-0.2, 0) is 16.1 Å². The summed E-state index contributed by atoms with van der Waals surface area (Å²) in [7, 11) is 0. The van der Waals surface area contributed by atoms with Crippen LogP contribution >= 0.6 is 24.2 Å². The maximum absolute atomic E-state index is 13.1. The van der Waals surface area contributed by atoms with Gasteiger partial charge in [-0.2, -0.15) is 0 Å². The molecule has 0 radical (unpaired) electrons. The van der Waals surface area contributed by atoms with Crippen molar-refractivity contribution in [3.05, 3.63) is 41.6 Å². The Morgan fingerprint density at radius 1 is 1.38 bits per heavy atom. The van der Waals surface area contributed by atoms with Crippen LogP contribution in [0.15, 0.2) is 36.0 Å². The topological polar surface area (TPSA) is 119 Å². The number of benzene rings is 1. The van der Waals surface area contributed by atoms with Gasteiger partial charge in [0.2, 0.25) is 5.91 Å². The molecule has 3 aliphatic heterocycles. The van der Waals surface area contributed by atoms with Crippen LogP contribution in [0, 0.1) is 5.92 Å². The Morgan fingerprint density at radius 3 is 2.66 bits per heavy atom. The third-order valence-electron chi connectivity index (χ3n) is 6.58. The van der Waals surface area contributed by atoms with E-state index in [-0.39, 0.29) is 41.2 Å². The second-order valence-corrected chi connectivity index (χ2v) is 10.2. The molecule has 4 rings (SSSR count). The summed E-state index contributed by atoms with van der Waals surface area (Å²) >= 11 is 1.53. The minimum atomic E-state index is -1.09. The van der Waals surface area contributed by atoms with Gasteiger partial charge < -0.3 is 21.3 Å². The number of carbonyl (C=O) groups excluding carboxylic acids is 1. The number of β-lactam (4-membered cyclic amide) rings is 1. The first-order valence-corrected chi connectivity index (χ1v) is 11.6. The number of nitrogens with one attached hydrogen (secondary N) is 1. The molecular formula is C22H31ClN4O4S. The Hall–Kier alpha value is -1.78. The largest absolute Gasteiger partial charge is 0.477 e. The van der Waals surface area contributed by atoms with Crippen molar-refractivity contribution in [2.24, 2.45) is 11.7 Å². The average molecular weight is 483 g/mol. The van der Waals surface area contributed by atoms with Crippen LogP contribution in [0.4, 0.5) is 5.69 Å². The monoisotopic (exact) mass is 482 g/mol. The SMILES string of the molecule is CC1C=C(C(=O)O)N2C(=O)[C@](SC3CCN(CNc4ccc(CN)cc4)C3)(C(C)O)[C@H]12.Cl. The standard InChI is InChI=1S/C22H30N4O4S.ClH/c1-13-9-18(20(28)29)26-19(13)22(14(2)27,21(26)30)31-17-7-8-25(11-17)12-24-16-5-3-15(10-23)4-6-16;/h3-6,9,13-14,17,19,24,27H,7-8,10-12,23H2,1-2H3,(H,28,29);1H/t13?,14?,17?,19-,22-;/m0./s1. The van der Waals surface area contributed by atoms with Gasteiger partial charge in [-0.15, -0.1) is 24.2 Å². The minimum Gasteiger partial charge on any atom is -0.477 e. The molecule has 5 atom stereocenters. The highest BCUT2D eigenvalue weighted by Crippen LogP contribution is 2.55. The number of hydrogen-bond acceptors (Lipinski definition) is 7. The second-order valence-electron chi connectivity index (χ2n) is 8.65. The molecule has 8 nitrogen and oxygen atoms in total. The molecular weight excluding hydrogens is 452 g/mol. The van der Waals surface area contributed by atoms with E-state index >= 15 is 0 Å². The molecule has 2 saturated heterocycles. The van der Waals surface area contributed by atoms with Crippen molar-refractivity contribution < 1.29 is 19.8 Å². The maximum Gasteiger partial charge on any atom is 0.352 e. The fraction of sp³-hybridized carbons (Fsp3) is 0.545. The van der Waals surface area contributed by atoms with Crippen LogP contribution in [0.5, 0.6) is 0 Å². The normalized spacial score (nSPS) is 30.2. The molecule has 3 unspecified atom stereocenters. The van der Waals surface area contributed by atoms with E-state index in [1.165, 1.54) is 16.7 Å². The quantitative estimate of drug-likeness (QED) is 0.413. The third kappa shape index (κ3) is 4.12. The lowest BCUT2D eigenvalue weighted by atomic mass is 9.78. The van der Waals surface area contributed by atoms with E-state index < -0.39 is 16.8 Å². The number of carboxylic acids is 1. The van der Waals surface area contributed by atoms with E-state index in [9.17, 15) is 19.8 Å². The summed E-state index contributed by atoms with van der Waals surface area (Å²) in [5.74, 6) is -1.49. The van der Waals surface area contributed by atoms with Crippen LogP contribution < -0.4 is 11.1 Å². The van der Waals surface area contributed by atoms with E-state index in [1.807, 2.05) is 31.2 Å². The predicted molar refractivity (Wildman–Crippen MR) is 128 cm³/mol. The van der Waals surface area contributed by atoms with Crippen molar-refractivity contribution in [2.45, 2.75) is 49.0 Å². The number of aliphatic hydroxyl groups is 1. The number of thioether (sulfide) groups is 1. The molecule has 0 spiro atoms. The molecule has 1 aromatic carbocycles. The highest BCUT2D eigenvalue weighted by molar-refractivity contribution is 8.02. The highest BCUT2D eigenvalue weighted by atomic mass is 35.5. The Bertz CT molecular complexity index is 896. The molecule has 32 heavy (non-hydrogen) atoms. The van der Waals surface area contributed by atoms with Gasteiger partial charge in [-0.05, 0) is 43.0 Å². The van der Waals surface area contributed by atoms with Crippen molar-refractivity contribution in [3.8, 4) is 0 Å². The zero-order chi connectivity index (χ0) is 22.3. The lowest BCUT2D eigenvalue weighted by Crippen LogP contribution is -2.76. The van der Waals surface area contributed by atoms with Crippen LogP contribution in [-0.4, -0.2) is 73.8 Å². The maximum atomic E-state index is 13.1. The summed E-state index contributed by atoms with van der Waals surface area (Å²) in [5.41, 5.74) is 7.80. The Kier molecular flexibility index (Phi) is 7.46. The van der Waals surface area contributed by atoms with Gasteiger partial charge in [-0.25, -0.2) is 4.79 Å². The number of aliphatic carboxylic acids is 1. The molecule has 2 fully saturated rings. The number of amides is 1. The second kappa shape index (κ2) is 9.61. The van der Waals surface area contributed by atoms with Crippen molar-refractivity contribution in [1.29, 1.82) is 0 Å². The number of fused-ring (bicyclic) bond motifs is 1. The van der Waals surface area contributed by atoms with Gasteiger partial charge in [0.15, 0.2) is 0 Å².